The zero-order valence-electron chi connectivity index (χ0n) is 12.4. The largest absolute Gasteiger partial charge is 0.494 e. The number of hydrogen-bond acceptors (Lipinski definition) is 2. The number of ether oxygens (including phenoxy) is 1. The molecule has 104 valence electrons. The van der Waals surface area contributed by atoms with Crippen LogP contribution in [0.2, 0.25) is 0 Å². The van der Waals surface area contributed by atoms with Gasteiger partial charge in [-0.05, 0) is 57.2 Å². The van der Waals surface area contributed by atoms with Crippen LogP contribution >= 0.6 is 0 Å². The van der Waals surface area contributed by atoms with E-state index in [1.165, 1.54) is 12.0 Å². The Morgan fingerprint density at radius 3 is 2.42 bits per heavy atom. The molecular weight excluding hydrogens is 234 g/mol. The number of hydrogen-bond donors (Lipinski definition) is 0. The number of benzene rings is 1. The molecule has 0 fully saturated rings. The number of aryl methyl sites for hydroxylation is 1. The summed E-state index contributed by atoms with van der Waals surface area (Å²) in [6.07, 6.45) is 5.27. The number of nitrogens with zero attached hydrogens (tertiary/aromatic N) is 1. The minimum Gasteiger partial charge on any atom is -0.494 e. The van der Waals surface area contributed by atoms with Crippen molar-refractivity contribution in [3.05, 3.63) is 29.8 Å². The molecule has 0 N–H and O–H groups in total. The van der Waals surface area contributed by atoms with Crippen LogP contribution in [-0.4, -0.2) is 6.61 Å². The van der Waals surface area contributed by atoms with Gasteiger partial charge in [-0.15, -0.1) is 0 Å². The van der Waals surface area contributed by atoms with Gasteiger partial charge in [-0.2, -0.15) is 5.26 Å². The molecule has 0 atom stereocenters. The third-order valence-corrected chi connectivity index (χ3v) is 3.23. The summed E-state index contributed by atoms with van der Waals surface area (Å²) >= 11 is 0. The predicted molar refractivity (Wildman–Crippen MR) is 79.2 cm³/mol. The fraction of sp³-hybridized carbons (Fsp3) is 0.588. The Morgan fingerprint density at radius 2 is 1.84 bits per heavy atom. The lowest BCUT2D eigenvalue weighted by Gasteiger charge is -2.14. The second-order valence-corrected chi connectivity index (χ2v) is 5.70. The van der Waals surface area contributed by atoms with Crippen LogP contribution in [0, 0.1) is 16.7 Å². The van der Waals surface area contributed by atoms with Gasteiger partial charge in [-0.3, -0.25) is 0 Å². The Kier molecular flexibility index (Phi) is 6.42. The Labute approximate surface area is 117 Å². The lowest BCUT2D eigenvalue weighted by Crippen LogP contribution is -2.08. The molecule has 0 saturated carbocycles. The fourth-order valence-electron chi connectivity index (χ4n) is 1.96. The summed E-state index contributed by atoms with van der Waals surface area (Å²) in [5.74, 6) is 0.944. The maximum atomic E-state index is 8.92. The van der Waals surface area contributed by atoms with Crippen molar-refractivity contribution in [2.24, 2.45) is 5.41 Å². The van der Waals surface area contributed by atoms with Crippen LogP contribution in [0.4, 0.5) is 0 Å². The maximum Gasteiger partial charge on any atom is 0.119 e. The van der Waals surface area contributed by atoms with Crippen molar-refractivity contribution in [3.8, 4) is 11.8 Å². The molecule has 0 amide bonds. The van der Waals surface area contributed by atoms with Crippen LogP contribution in [-0.2, 0) is 6.42 Å². The zero-order valence-corrected chi connectivity index (χ0v) is 12.4. The van der Waals surface area contributed by atoms with Crippen LogP contribution in [0.5, 0.6) is 5.75 Å². The minimum absolute atomic E-state index is 0.207. The second kappa shape index (κ2) is 7.84. The van der Waals surface area contributed by atoms with Crippen molar-refractivity contribution >= 4 is 0 Å². The fourth-order valence-corrected chi connectivity index (χ4v) is 1.96. The minimum atomic E-state index is -0.207. The highest BCUT2D eigenvalue weighted by Gasteiger charge is 2.15. The van der Waals surface area contributed by atoms with Gasteiger partial charge in [0.1, 0.15) is 5.75 Å². The average Bonchev–Trinajstić information content (AvgIpc) is 2.40. The van der Waals surface area contributed by atoms with E-state index in [1.54, 1.807) is 0 Å². The van der Waals surface area contributed by atoms with Crippen LogP contribution < -0.4 is 4.74 Å². The van der Waals surface area contributed by atoms with E-state index in [0.717, 1.165) is 38.0 Å². The Bertz CT molecular complexity index is 400. The highest BCUT2D eigenvalue weighted by molar-refractivity contribution is 5.27. The van der Waals surface area contributed by atoms with E-state index < -0.39 is 0 Å². The van der Waals surface area contributed by atoms with E-state index in [2.05, 4.69) is 25.1 Å². The highest BCUT2D eigenvalue weighted by Crippen LogP contribution is 2.21. The summed E-state index contributed by atoms with van der Waals surface area (Å²) in [6, 6.07) is 10.7. The smallest absolute Gasteiger partial charge is 0.119 e. The third kappa shape index (κ3) is 6.29. The van der Waals surface area contributed by atoms with Gasteiger partial charge < -0.3 is 4.74 Å². The van der Waals surface area contributed by atoms with Crippen molar-refractivity contribution in [2.75, 3.05) is 6.61 Å². The number of unbranched alkanes of at least 4 members (excludes halogenated alkanes) is 1. The summed E-state index contributed by atoms with van der Waals surface area (Å²) in [7, 11) is 0. The van der Waals surface area contributed by atoms with Gasteiger partial charge in [-0.25, -0.2) is 0 Å². The average molecular weight is 259 g/mol. The molecule has 0 unspecified atom stereocenters. The lowest BCUT2D eigenvalue weighted by atomic mass is 9.89. The molecule has 0 aliphatic carbocycles. The molecular formula is C17H25NO. The molecule has 1 aromatic carbocycles. The molecule has 2 nitrogen and oxygen atoms in total. The second-order valence-electron chi connectivity index (χ2n) is 5.70. The van der Waals surface area contributed by atoms with Crippen LogP contribution in [0.1, 0.15) is 52.0 Å². The summed E-state index contributed by atoms with van der Waals surface area (Å²) in [4.78, 5) is 0. The predicted octanol–water partition coefficient (Wildman–Crippen LogP) is 4.74. The Hall–Kier alpha value is -1.49. The van der Waals surface area contributed by atoms with Gasteiger partial charge in [-0.1, -0.05) is 25.5 Å². The first kappa shape index (κ1) is 15.6. The third-order valence-electron chi connectivity index (χ3n) is 3.23. The van der Waals surface area contributed by atoms with Crippen molar-refractivity contribution in [3.63, 3.8) is 0 Å². The van der Waals surface area contributed by atoms with Crippen molar-refractivity contribution in [1.29, 1.82) is 5.26 Å². The molecule has 0 aromatic heterocycles. The molecule has 0 radical (unpaired) electrons. The molecule has 1 rings (SSSR count). The molecule has 1 aromatic rings. The van der Waals surface area contributed by atoms with E-state index in [1.807, 2.05) is 26.0 Å². The van der Waals surface area contributed by atoms with Gasteiger partial charge in [0, 0.05) is 0 Å². The van der Waals surface area contributed by atoms with Gasteiger partial charge >= 0.3 is 0 Å². The lowest BCUT2D eigenvalue weighted by molar-refractivity contribution is 0.295. The van der Waals surface area contributed by atoms with Crippen LogP contribution in [0.3, 0.4) is 0 Å². The molecule has 19 heavy (non-hydrogen) atoms. The monoisotopic (exact) mass is 259 g/mol. The van der Waals surface area contributed by atoms with E-state index in [4.69, 9.17) is 10.00 Å². The van der Waals surface area contributed by atoms with Crippen molar-refractivity contribution in [2.45, 2.75) is 52.9 Å². The van der Waals surface area contributed by atoms with Crippen molar-refractivity contribution < 1.29 is 4.74 Å². The molecule has 0 aliphatic rings. The first-order chi connectivity index (χ1) is 9.07. The van der Waals surface area contributed by atoms with E-state index in [0.29, 0.717) is 0 Å². The molecule has 0 heterocycles. The highest BCUT2D eigenvalue weighted by atomic mass is 16.5. The molecule has 2 heteroatoms. The summed E-state index contributed by atoms with van der Waals surface area (Å²) in [5.41, 5.74) is 1.16. The first-order valence-electron chi connectivity index (χ1n) is 7.20. The Balaban J connectivity index is 2.21. The maximum absolute atomic E-state index is 8.92. The SMILES string of the molecule is CCCc1ccc(OCCCCC(C)(C)C#N)cc1. The topological polar surface area (TPSA) is 33.0 Å². The summed E-state index contributed by atoms with van der Waals surface area (Å²) < 4.78 is 5.70. The molecule has 0 bridgehead atoms. The Morgan fingerprint density at radius 1 is 1.16 bits per heavy atom. The number of rotatable bonds is 8. The van der Waals surface area contributed by atoms with Gasteiger partial charge in [0.15, 0.2) is 0 Å². The molecule has 0 spiro atoms. The normalized spacial score (nSPS) is 11.1. The van der Waals surface area contributed by atoms with E-state index >= 15 is 0 Å². The van der Waals surface area contributed by atoms with Gasteiger partial charge in [0.2, 0.25) is 0 Å². The van der Waals surface area contributed by atoms with Crippen LogP contribution in [0.25, 0.3) is 0 Å². The van der Waals surface area contributed by atoms with Crippen molar-refractivity contribution in [1.82, 2.24) is 0 Å². The summed E-state index contributed by atoms with van der Waals surface area (Å²) in [5, 5.41) is 8.92. The van der Waals surface area contributed by atoms with Gasteiger partial charge in [0.25, 0.3) is 0 Å². The quantitative estimate of drug-likeness (QED) is 0.632. The van der Waals surface area contributed by atoms with E-state index in [-0.39, 0.29) is 5.41 Å². The summed E-state index contributed by atoms with van der Waals surface area (Å²) in [6.45, 7) is 6.89. The molecule has 0 saturated heterocycles. The van der Waals surface area contributed by atoms with E-state index in [9.17, 15) is 0 Å². The van der Waals surface area contributed by atoms with Gasteiger partial charge in [0.05, 0.1) is 18.1 Å². The first-order valence-corrected chi connectivity index (χ1v) is 7.20. The van der Waals surface area contributed by atoms with Crippen LogP contribution in [0.15, 0.2) is 24.3 Å². The zero-order chi connectivity index (χ0) is 14.1. The molecule has 0 aliphatic heterocycles. The standard InChI is InChI=1S/C17H25NO/c1-4-7-15-8-10-16(11-9-15)19-13-6-5-12-17(2,3)14-18/h8-11H,4-7,12-13H2,1-3H3. The number of nitriles is 1.